The van der Waals surface area contributed by atoms with Crippen molar-refractivity contribution in [3.63, 3.8) is 0 Å². The number of nitrogens with zero attached hydrogens (tertiary/aromatic N) is 1. The highest BCUT2D eigenvalue weighted by Crippen LogP contribution is 2.04. The van der Waals surface area contributed by atoms with Crippen molar-refractivity contribution in [2.75, 3.05) is 26.2 Å². The van der Waals surface area contributed by atoms with Crippen molar-refractivity contribution in [3.05, 3.63) is 0 Å². The third-order valence-corrected chi connectivity index (χ3v) is 2.69. The predicted molar refractivity (Wildman–Crippen MR) is 60.3 cm³/mol. The van der Waals surface area contributed by atoms with Crippen LogP contribution >= 0.6 is 0 Å². The highest BCUT2D eigenvalue weighted by Gasteiger charge is 2.24. The molecule has 0 aromatic heterocycles. The van der Waals surface area contributed by atoms with Crippen LogP contribution in [0.2, 0.25) is 0 Å². The van der Waals surface area contributed by atoms with E-state index in [1.54, 1.807) is 0 Å². The standard InChI is InChI=1S/C11H19N3O/c1-4-5-13-11(15)10(3)14-7-6-12-9(2)8-14/h1,9-10,12H,5-8H2,2-3H3,(H,13,15)/t9-,10?/m1/s1. The molecule has 0 saturated carbocycles. The van der Waals surface area contributed by atoms with Gasteiger partial charge in [-0.25, -0.2) is 0 Å². The van der Waals surface area contributed by atoms with Crippen LogP contribution in [0.25, 0.3) is 0 Å². The summed E-state index contributed by atoms with van der Waals surface area (Å²) in [7, 11) is 0. The Morgan fingerprint density at radius 1 is 1.80 bits per heavy atom. The average Bonchev–Trinajstić information content (AvgIpc) is 2.24. The van der Waals surface area contributed by atoms with E-state index in [0.717, 1.165) is 19.6 Å². The van der Waals surface area contributed by atoms with E-state index >= 15 is 0 Å². The smallest absolute Gasteiger partial charge is 0.237 e. The molecule has 0 aromatic carbocycles. The van der Waals surface area contributed by atoms with Gasteiger partial charge in [-0.05, 0) is 13.8 Å². The number of terminal acetylenes is 1. The number of carbonyl (C=O) groups is 1. The van der Waals surface area contributed by atoms with E-state index in [1.807, 2.05) is 6.92 Å². The quantitative estimate of drug-likeness (QED) is 0.611. The Bertz CT molecular complexity index is 259. The molecule has 1 saturated heterocycles. The summed E-state index contributed by atoms with van der Waals surface area (Å²) < 4.78 is 0. The Labute approximate surface area is 91.4 Å². The number of hydrogen-bond donors (Lipinski definition) is 2. The molecule has 15 heavy (non-hydrogen) atoms. The zero-order chi connectivity index (χ0) is 11.3. The van der Waals surface area contributed by atoms with Crippen LogP contribution in [-0.2, 0) is 4.79 Å². The normalized spacial score (nSPS) is 24.2. The third-order valence-electron chi connectivity index (χ3n) is 2.69. The Hall–Kier alpha value is -1.05. The molecule has 2 atom stereocenters. The summed E-state index contributed by atoms with van der Waals surface area (Å²) in [5.41, 5.74) is 0. The summed E-state index contributed by atoms with van der Waals surface area (Å²) >= 11 is 0. The van der Waals surface area contributed by atoms with E-state index in [0.29, 0.717) is 12.6 Å². The average molecular weight is 209 g/mol. The summed E-state index contributed by atoms with van der Waals surface area (Å²) in [6.07, 6.45) is 5.09. The van der Waals surface area contributed by atoms with Gasteiger partial charge in [-0.1, -0.05) is 5.92 Å². The van der Waals surface area contributed by atoms with Gasteiger partial charge in [-0.2, -0.15) is 0 Å². The number of amides is 1. The molecule has 0 aliphatic carbocycles. The van der Waals surface area contributed by atoms with Crippen LogP contribution in [-0.4, -0.2) is 49.1 Å². The van der Waals surface area contributed by atoms with Crippen LogP contribution in [0.4, 0.5) is 0 Å². The van der Waals surface area contributed by atoms with Gasteiger partial charge in [0, 0.05) is 25.7 Å². The highest BCUT2D eigenvalue weighted by atomic mass is 16.2. The van der Waals surface area contributed by atoms with Gasteiger partial charge in [0.15, 0.2) is 0 Å². The van der Waals surface area contributed by atoms with E-state index in [-0.39, 0.29) is 11.9 Å². The molecule has 1 unspecified atom stereocenters. The molecule has 1 aliphatic rings. The van der Waals surface area contributed by atoms with Gasteiger partial charge in [0.25, 0.3) is 0 Å². The lowest BCUT2D eigenvalue weighted by molar-refractivity contribution is -0.126. The van der Waals surface area contributed by atoms with Crippen LogP contribution in [0.15, 0.2) is 0 Å². The fraction of sp³-hybridized carbons (Fsp3) is 0.727. The first-order valence-corrected chi connectivity index (χ1v) is 5.33. The molecule has 0 aromatic rings. The molecular formula is C11H19N3O. The monoisotopic (exact) mass is 209 g/mol. The van der Waals surface area contributed by atoms with Gasteiger partial charge in [0.05, 0.1) is 12.6 Å². The maximum absolute atomic E-state index is 11.6. The van der Waals surface area contributed by atoms with Gasteiger partial charge >= 0.3 is 0 Å². The topological polar surface area (TPSA) is 44.4 Å². The molecule has 0 spiro atoms. The van der Waals surface area contributed by atoms with Crippen LogP contribution in [0.1, 0.15) is 13.8 Å². The van der Waals surface area contributed by atoms with Crippen molar-refractivity contribution >= 4 is 5.91 Å². The molecule has 84 valence electrons. The SMILES string of the molecule is C#CCNC(=O)C(C)N1CCN[C@H](C)C1. The zero-order valence-electron chi connectivity index (χ0n) is 9.42. The van der Waals surface area contributed by atoms with Crippen LogP contribution in [0.5, 0.6) is 0 Å². The van der Waals surface area contributed by atoms with Gasteiger partial charge in [-0.3, -0.25) is 9.69 Å². The minimum absolute atomic E-state index is 0.0158. The fourth-order valence-electron chi connectivity index (χ4n) is 1.77. The Kier molecular flexibility index (Phi) is 4.60. The summed E-state index contributed by atoms with van der Waals surface area (Å²) in [6.45, 7) is 7.11. The van der Waals surface area contributed by atoms with Crippen molar-refractivity contribution in [2.24, 2.45) is 0 Å². The summed E-state index contributed by atoms with van der Waals surface area (Å²) in [5.74, 6) is 2.42. The molecule has 1 heterocycles. The van der Waals surface area contributed by atoms with Gasteiger partial charge in [0.2, 0.25) is 5.91 Å². The van der Waals surface area contributed by atoms with Gasteiger partial charge < -0.3 is 10.6 Å². The lowest BCUT2D eigenvalue weighted by atomic mass is 10.1. The van der Waals surface area contributed by atoms with E-state index in [2.05, 4.69) is 28.4 Å². The first-order chi connectivity index (χ1) is 7.15. The molecule has 2 N–H and O–H groups in total. The minimum atomic E-state index is -0.0945. The predicted octanol–water partition coefficient (Wildman–Crippen LogP) is -0.582. The largest absolute Gasteiger partial charge is 0.344 e. The first-order valence-electron chi connectivity index (χ1n) is 5.33. The first kappa shape index (κ1) is 12.0. The van der Waals surface area contributed by atoms with Gasteiger partial charge in [-0.15, -0.1) is 6.42 Å². The number of rotatable bonds is 3. The summed E-state index contributed by atoms with van der Waals surface area (Å²) in [5, 5.41) is 6.05. The molecule has 4 heteroatoms. The van der Waals surface area contributed by atoms with Crippen LogP contribution < -0.4 is 10.6 Å². The van der Waals surface area contributed by atoms with Crippen molar-refractivity contribution in [1.82, 2.24) is 15.5 Å². The summed E-state index contributed by atoms with van der Waals surface area (Å²) in [4.78, 5) is 13.8. The maximum Gasteiger partial charge on any atom is 0.237 e. The van der Waals surface area contributed by atoms with E-state index < -0.39 is 0 Å². The van der Waals surface area contributed by atoms with Crippen molar-refractivity contribution < 1.29 is 4.79 Å². The van der Waals surface area contributed by atoms with Crippen molar-refractivity contribution in [3.8, 4) is 12.3 Å². The van der Waals surface area contributed by atoms with Gasteiger partial charge in [0.1, 0.15) is 0 Å². The zero-order valence-corrected chi connectivity index (χ0v) is 9.42. The molecule has 1 aliphatic heterocycles. The number of nitrogens with one attached hydrogen (secondary N) is 2. The van der Waals surface area contributed by atoms with Crippen molar-refractivity contribution in [2.45, 2.75) is 25.9 Å². The number of carbonyl (C=O) groups excluding carboxylic acids is 1. The molecule has 0 radical (unpaired) electrons. The Balaban J connectivity index is 2.41. The lowest BCUT2D eigenvalue weighted by Gasteiger charge is -2.35. The van der Waals surface area contributed by atoms with E-state index in [1.165, 1.54) is 0 Å². The molecule has 1 amide bonds. The molecule has 0 bridgehead atoms. The lowest BCUT2D eigenvalue weighted by Crippen LogP contribution is -2.55. The second kappa shape index (κ2) is 5.74. The molecule has 1 fully saturated rings. The molecular weight excluding hydrogens is 190 g/mol. The van der Waals surface area contributed by atoms with E-state index in [9.17, 15) is 4.79 Å². The summed E-state index contributed by atoms with van der Waals surface area (Å²) in [6, 6.07) is 0.351. The van der Waals surface area contributed by atoms with Crippen LogP contribution in [0, 0.1) is 12.3 Å². The number of hydrogen-bond acceptors (Lipinski definition) is 3. The second-order valence-electron chi connectivity index (χ2n) is 3.95. The fourth-order valence-corrected chi connectivity index (χ4v) is 1.77. The Morgan fingerprint density at radius 3 is 3.13 bits per heavy atom. The van der Waals surface area contributed by atoms with E-state index in [4.69, 9.17) is 6.42 Å². The Morgan fingerprint density at radius 2 is 2.53 bits per heavy atom. The third kappa shape index (κ3) is 3.54. The highest BCUT2D eigenvalue weighted by molar-refractivity contribution is 5.81. The molecule has 1 rings (SSSR count). The molecule has 4 nitrogen and oxygen atoms in total. The van der Waals surface area contributed by atoms with Crippen LogP contribution in [0.3, 0.4) is 0 Å². The minimum Gasteiger partial charge on any atom is -0.344 e. The van der Waals surface area contributed by atoms with Crippen molar-refractivity contribution in [1.29, 1.82) is 0 Å². The number of piperazine rings is 1. The second-order valence-corrected chi connectivity index (χ2v) is 3.95. The maximum atomic E-state index is 11.6.